The second-order valence-corrected chi connectivity index (χ2v) is 10.9. The van der Waals surface area contributed by atoms with Gasteiger partial charge in [-0.05, 0) is 110 Å². The summed E-state index contributed by atoms with van der Waals surface area (Å²) in [6.45, 7) is 4.74. The lowest BCUT2D eigenvalue weighted by Gasteiger charge is -2.53. The minimum absolute atomic E-state index is 0.00575. The lowest BCUT2D eigenvalue weighted by molar-refractivity contribution is -0.128. The number of hydrogen-bond donors (Lipinski definition) is 1. The van der Waals surface area contributed by atoms with Crippen LogP contribution in [0, 0.1) is 11.3 Å². The Morgan fingerprint density at radius 1 is 1.06 bits per heavy atom. The minimum atomic E-state index is -0.0476. The highest BCUT2D eigenvalue weighted by Gasteiger charge is 2.65. The fraction of sp³-hybridized carbons (Fsp3) is 0.536. The Hall–Kier alpha value is -1.97. The van der Waals surface area contributed by atoms with Crippen molar-refractivity contribution in [2.45, 2.75) is 69.0 Å². The van der Waals surface area contributed by atoms with Gasteiger partial charge in [0.05, 0.1) is 11.2 Å². The topological polar surface area (TPSA) is 34.1 Å². The van der Waals surface area contributed by atoms with Crippen molar-refractivity contribution >= 4 is 10.8 Å². The van der Waals surface area contributed by atoms with Gasteiger partial charge in [0.15, 0.2) is 0 Å². The second kappa shape index (κ2) is 6.30. The van der Waals surface area contributed by atoms with E-state index in [1.165, 1.54) is 54.0 Å². The van der Waals surface area contributed by atoms with E-state index in [2.05, 4.69) is 53.6 Å². The predicted octanol–water partition coefficient (Wildman–Crippen LogP) is 5.68. The molecule has 2 bridgehead atoms. The number of benzene rings is 1. The average molecular weight is 413 g/mol. The Balaban J connectivity index is 1.31. The molecule has 2 spiro atoms. The van der Waals surface area contributed by atoms with Crippen molar-refractivity contribution in [1.29, 1.82) is 0 Å². The van der Waals surface area contributed by atoms with Crippen LogP contribution in [0.5, 0.6) is 0 Å². The summed E-state index contributed by atoms with van der Waals surface area (Å²) < 4.78 is 7.31. The summed E-state index contributed by atoms with van der Waals surface area (Å²) in [5.74, 6) is 1.21. The van der Waals surface area contributed by atoms with Crippen molar-refractivity contribution in [2.24, 2.45) is 11.3 Å². The van der Waals surface area contributed by atoms with E-state index in [0.717, 1.165) is 25.9 Å². The molecule has 1 N–H and O–H groups in total. The summed E-state index contributed by atoms with van der Waals surface area (Å²) in [5, 5.41) is 6.17. The number of fused-ring (bicyclic) bond motifs is 2. The summed E-state index contributed by atoms with van der Waals surface area (Å²) in [5.41, 5.74) is 4.80. The third kappa shape index (κ3) is 2.40. The van der Waals surface area contributed by atoms with Crippen LogP contribution in [-0.2, 0) is 4.74 Å². The Labute approximate surface area is 185 Å². The van der Waals surface area contributed by atoms with Gasteiger partial charge in [-0.15, -0.1) is 0 Å². The summed E-state index contributed by atoms with van der Waals surface area (Å²) in [4.78, 5) is 4.37. The van der Waals surface area contributed by atoms with Crippen molar-refractivity contribution < 1.29 is 4.74 Å². The fourth-order valence-electron chi connectivity index (χ4n) is 8.15. The van der Waals surface area contributed by atoms with Crippen LogP contribution in [-0.4, -0.2) is 29.3 Å². The number of allylic oxidation sites excluding steroid dienone is 1. The van der Waals surface area contributed by atoms with E-state index in [4.69, 9.17) is 4.74 Å². The second-order valence-electron chi connectivity index (χ2n) is 10.9. The molecule has 1 unspecified atom stereocenters. The van der Waals surface area contributed by atoms with Gasteiger partial charge in [-0.25, -0.2) is 0 Å². The van der Waals surface area contributed by atoms with Crippen LogP contribution in [0.2, 0.25) is 0 Å². The summed E-state index contributed by atoms with van der Waals surface area (Å²) in [6.07, 6.45) is 17.5. The van der Waals surface area contributed by atoms with Gasteiger partial charge in [-0.1, -0.05) is 31.2 Å². The van der Waals surface area contributed by atoms with E-state index >= 15 is 0 Å². The van der Waals surface area contributed by atoms with Crippen LogP contribution >= 0.6 is 0 Å². The molecule has 5 aliphatic rings. The summed E-state index contributed by atoms with van der Waals surface area (Å²) in [7, 11) is 0. The van der Waals surface area contributed by atoms with Gasteiger partial charge in [-0.2, -0.15) is 0 Å². The number of hydrogen-bond acceptors (Lipinski definition) is 3. The highest BCUT2D eigenvalue weighted by Crippen LogP contribution is 2.68. The maximum absolute atomic E-state index is 7.31. The molecule has 3 nitrogen and oxygen atoms in total. The minimum Gasteiger partial charge on any atom is -0.359 e. The molecule has 3 aliphatic heterocycles. The van der Waals surface area contributed by atoms with Crippen molar-refractivity contribution in [3.05, 3.63) is 65.5 Å². The molecule has 0 radical (unpaired) electrons. The zero-order valence-electron chi connectivity index (χ0n) is 18.5. The maximum Gasteiger partial charge on any atom is 0.0974 e. The van der Waals surface area contributed by atoms with Gasteiger partial charge < -0.3 is 10.1 Å². The molecule has 3 fully saturated rings. The molecular weight excluding hydrogens is 380 g/mol. The zero-order chi connectivity index (χ0) is 20.7. The first-order valence-corrected chi connectivity index (χ1v) is 12.3. The molecule has 2 aliphatic carbocycles. The molecular formula is C28H32N2O. The molecule has 0 amide bonds. The smallest absolute Gasteiger partial charge is 0.0974 e. The van der Waals surface area contributed by atoms with Gasteiger partial charge in [0.2, 0.25) is 0 Å². The number of rotatable bonds is 1. The highest BCUT2D eigenvalue weighted by atomic mass is 16.5. The molecule has 2 aromatic rings. The van der Waals surface area contributed by atoms with E-state index in [-0.39, 0.29) is 16.6 Å². The third-order valence-electron chi connectivity index (χ3n) is 9.69. The molecule has 5 atom stereocenters. The Bertz CT molecular complexity index is 1130. The SMILES string of the molecule is CC12CC=C3C=C4CCNCC[C@]45CC[C@]3(O5)[C@@H]1CC[C@@H]2c1ccc2ccncc2c1. The van der Waals surface area contributed by atoms with Crippen LogP contribution in [0.4, 0.5) is 0 Å². The van der Waals surface area contributed by atoms with Crippen LogP contribution in [0.1, 0.15) is 63.4 Å². The third-order valence-corrected chi connectivity index (χ3v) is 9.69. The molecule has 4 heterocycles. The van der Waals surface area contributed by atoms with Crippen LogP contribution in [0.15, 0.2) is 60.0 Å². The lowest BCUT2D eigenvalue weighted by Crippen LogP contribution is -2.52. The van der Waals surface area contributed by atoms with Crippen molar-refractivity contribution in [3.8, 4) is 0 Å². The Kier molecular flexibility index (Phi) is 3.78. The van der Waals surface area contributed by atoms with Crippen molar-refractivity contribution in [3.63, 3.8) is 0 Å². The molecule has 1 aromatic heterocycles. The Morgan fingerprint density at radius 3 is 3.00 bits per heavy atom. The monoisotopic (exact) mass is 412 g/mol. The molecule has 7 rings (SSSR count). The standard InChI is InChI=1S/C28H32N2O/c1-26-9-6-23-17-22-8-14-29-15-12-27(22)10-11-28(23,31-27)25(26)5-4-24(26)20-3-2-19-7-13-30-18-21(19)16-20/h2-3,6-7,13,16-18,24-25,29H,4-5,8-12,14-15H2,1H3/t24-,25-,26?,27-,28-/m1/s1. The molecule has 2 saturated heterocycles. The first-order valence-electron chi connectivity index (χ1n) is 12.3. The first-order chi connectivity index (χ1) is 15.1. The van der Waals surface area contributed by atoms with Crippen LogP contribution in [0.25, 0.3) is 10.8 Å². The predicted molar refractivity (Wildman–Crippen MR) is 124 cm³/mol. The van der Waals surface area contributed by atoms with Gasteiger partial charge in [-0.3, -0.25) is 4.98 Å². The van der Waals surface area contributed by atoms with E-state index < -0.39 is 0 Å². The lowest BCUT2D eigenvalue weighted by atomic mass is 9.58. The van der Waals surface area contributed by atoms with Gasteiger partial charge >= 0.3 is 0 Å². The van der Waals surface area contributed by atoms with Crippen LogP contribution < -0.4 is 5.32 Å². The van der Waals surface area contributed by atoms with Gasteiger partial charge in [0.1, 0.15) is 0 Å². The first kappa shape index (κ1) is 18.6. The number of pyridine rings is 1. The molecule has 1 saturated carbocycles. The zero-order valence-corrected chi connectivity index (χ0v) is 18.5. The largest absolute Gasteiger partial charge is 0.359 e. The molecule has 160 valence electrons. The maximum atomic E-state index is 7.31. The molecule has 3 heteroatoms. The fourth-order valence-corrected chi connectivity index (χ4v) is 8.15. The number of ether oxygens (including phenoxy) is 1. The van der Waals surface area contributed by atoms with E-state index in [9.17, 15) is 0 Å². The summed E-state index contributed by atoms with van der Waals surface area (Å²) >= 11 is 0. The number of nitrogens with one attached hydrogen (secondary N) is 1. The molecule has 1 aromatic carbocycles. The molecule has 31 heavy (non-hydrogen) atoms. The average Bonchev–Trinajstić information content (AvgIpc) is 3.23. The van der Waals surface area contributed by atoms with E-state index in [1.54, 1.807) is 5.57 Å². The summed E-state index contributed by atoms with van der Waals surface area (Å²) in [6, 6.07) is 9.20. The van der Waals surface area contributed by atoms with Gasteiger partial charge in [0, 0.05) is 17.8 Å². The Morgan fingerprint density at radius 2 is 2.03 bits per heavy atom. The van der Waals surface area contributed by atoms with E-state index in [0.29, 0.717) is 11.8 Å². The normalized spacial score (nSPS) is 41.1. The van der Waals surface area contributed by atoms with Crippen molar-refractivity contribution in [2.75, 3.05) is 13.1 Å². The van der Waals surface area contributed by atoms with Crippen molar-refractivity contribution in [1.82, 2.24) is 10.3 Å². The number of nitrogens with zero attached hydrogens (tertiary/aromatic N) is 1. The highest BCUT2D eigenvalue weighted by molar-refractivity contribution is 5.82. The quantitative estimate of drug-likeness (QED) is 0.655. The number of aromatic nitrogens is 1. The van der Waals surface area contributed by atoms with Gasteiger partial charge in [0.25, 0.3) is 0 Å². The van der Waals surface area contributed by atoms with E-state index in [1.807, 2.05) is 12.4 Å². The van der Waals surface area contributed by atoms with Crippen LogP contribution in [0.3, 0.4) is 0 Å².